The molecule has 1 aromatic heterocycles. The summed E-state index contributed by atoms with van der Waals surface area (Å²) in [5.74, 6) is 0.176. The van der Waals surface area contributed by atoms with Gasteiger partial charge in [0.05, 0.1) is 17.7 Å². The fraction of sp³-hybridized carbons (Fsp3) is 0.667. The van der Waals surface area contributed by atoms with Crippen LogP contribution in [0.5, 0.6) is 0 Å². The van der Waals surface area contributed by atoms with Crippen molar-refractivity contribution in [3.63, 3.8) is 0 Å². The lowest BCUT2D eigenvalue weighted by Gasteiger charge is -2.50. The first kappa shape index (κ1) is 10.8. The summed E-state index contributed by atoms with van der Waals surface area (Å²) < 4.78 is 7.25. The molecular weight excluding hydrogens is 218 g/mol. The van der Waals surface area contributed by atoms with Crippen LogP contribution >= 0.6 is 0 Å². The van der Waals surface area contributed by atoms with E-state index in [0.717, 1.165) is 24.9 Å². The van der Waals surface area contributed by atoms with Crippen molar-refractivity contribution in [3.8, 4) is 0 Å². The number of aromatic nitrogens is 2. The predicted octanol–water partition coefficient (Wildman–Crippen LogP) is 0.871. The van der Waals surface area contributed by atoms with Gasteiger partial charge in [0.1, 0.15) is 0 Å². The molecule has 1 atom stereocenters. The zero-order valence-corrected chi connectivity index (χ0v) is 9.98. The molecule has 17 heavy (non-hydrogen) atoms. The normalized spacial score (nSPS) is 26.6. The third-order valence-electron chi connectivity index (χ3n) is 3.98. The Hall–Kier alpha value is -1.36. The second-order valence-corrected chi connectivity index (χ2v) is 4.80. The molecule has 2 fully saturated rings. The molecule has 0 bridgehead atoms. The van der Waals surface area contributed by atoms with Crippen molar-refractivity contribution in [1.29, 1.82) is 0 Å². The Balaban J connectivity index is 1.86. The Morgan fingerprint density at radius 3 is 2.94 bits per heavy atom. The molecule has 1 aromatic rings. The van der Waals surface area contributed by atoms with Crippen LogP contribution in [-0.2, 0) is 16.1 Å². The van der Waals surface area contributed by atoms with Gasteiger partial charge in [0.25, 0.3) is 0 Å². The maximum absolute atomic E-state index is 11.9. The van der Waals surface area contributed by atoms with Crippen molar-refractivity contribution >= 4 is 5.91 Å². The number of hydrogen-bond acceptors (Lipinski definition) is 3. The van der Waals surface area contributed by atoms with Crippen LogP contribution in [0, 0.1) is 5.41 Å². The van der Waals surface area contributed by atoms with E-state index in [-0.39, 0.29) is 17.4 Å². The van der Waals surface area contributed by atoms with Crippen LogP contribution in [0.4, 0.5) is 0 Å². The van der Waals surface area contributed by atoms with Crippen molar-refractivity contribution in [3.05, 3.63) is 18.0 Å². The van der Waals surface area contributed by atoms with E-state index in [0.29, 0.717) is 13.2 Å². The van der Waals surface area contributed by atoms with Gasteiger partial charge in [-0.1, -0.05) is 0 Å². The first-order chi connectivity index (χ1) is 8.26. The second-order valence-electron chi connectivity index (χ2n) is 4.80. The molecule has 1 unspecified atom stereocenters. The smallest absolute Gasteiger partial charge is 0.229 e. The van der Waals surface area contributed by atoms with E-state index >= 15 is 0 Å². The van der Waals surface area contributed by atoms with Gasteiger partial charge in [0, 0.05) is 31.5 Å². The lowest BCUT2D eigenvalue weighted by Crippen LogP contribution is -2.62. The van der Waals surface area contributed by atoms with E-state index in [1.807, 2.05) is 17.1 Å². The fourth-order valence-electron chi connectivity index (χ4n) is 2.82. The van der Waals surface area contributed by atoms with Crippen molar-refractivity contribution < 1.29 is 9.53 Å². The molecule has 2 aliphatic rings. The first-order valence-electron chi connectivity index (χ1n) is 6.17. The highest BCUT2D eigenvalue weighted by Gasteiger charge is 2.56. The summed E-state index contributed by atoms with van der Waals surface area (Å²) in [5.41, 5.74) is 0.883. The van der Waals surface area contributed by atoms with Gasteiger partial charge < -0.3 is 10.1 Å². The van der Waals surface area contributed by atoms with E-state index in [9.17, 15) is 4.79 Å². The highest BCUT2D eigenvalue weighted by Crippen LogP contribution is 2.49. The molecule has 92 valence electrons. The van der Waals surface area contributed by atoms with Crippen LogP contribution in [-0.4, -0.2) is 28.9 Å². The van der Waals surface area contributed by atoms with E-state index in [4.69, 9.17) is 4.74 Å². The molecule has 0 aromatic carbocycles. The molecule has 0 saturated carbocycles. The van der Waals surface area contributed by atoms with Gasteiger partial charge in [-0.3, -0.25) is 9.48 Å². The van der Waals surface area contributed by atoms with Crippen molar-refractivity contribution in [2.75, 3.05) is 13.2 Å². The average molecular weight is 235 g/mol. The van der Waals surface area contributed by atoms with Crippen molar-refractivity contribution in [1.82, 2.24) is 15.1 Å². The van der Waals surface area contributed by atoms with E-state index in [1.54, 1.807) is 0 Å². The number of nitrogens with zero attached hydrogens (tertiary/aromatic N) is 2. The minimum Gasteiger partial charge on any atom is -0.381 e. The van der Waals surface area contributed by atoms with Crippen molar-refractivity contribution in [2.24, 2.45) is 5.41 Å². The van der Waals surface area contributed by atoms with Gasteiger partial charge >= 0.3 is 0 Å². The van der Waals surface area contributed by atoms with Crippen LogP contribution < -0.4 is 5.32 Å². The third-order valence-corrected chi connectivity index (χ3v) is 3.98. The number of carbonyl (C=O) groups is 1. The SMILES string of the molecule is CCn1cc(C2NC(=O)C23CCOCC3)cn1. The number of aryl methyl sites for hydroxylation is 1. The summed E-state index contributed by atoms with van der Waals surface area (Å²) >= 11 is 0. The summed E-state index contributed by atoms with van der Waals surface area (Å²) in [6, 6.07) is 0.124. The van der Waals surface area contributed by atoms with Crippen molar-refractivity contribution in [2.45, 2.75) is 32.4 Å². The third kappa shape index (κ3) is 1.49. The molecule has 1 spiro atoms. The second kappa shape index (κ2) is 3.84. The van der Waals surface area contributed by atoms with Crippen LogP contribution in [0.2, 0.25) is 0 Å². The summed E-state index contributed by atoms with van der Waals surface area (Å²) in [6.07, 6.45) is 5.54. The summed E-state index contributed by atoms with van der Waals surface area (Å²) in [5, 5.41) is 7.28. The minimum atomic E-state index is -0.236. The summed E-state index contributed by atoms with van der Waals surface area (Å²) in [6.45, 7) is 4.29. The molecule has 3 heterocycles. The lowest BCUT2D eigenvalue weighted by molar-refractivity contribution is -0.155. The highest BCUT2D eigenvalue weighted by molar-refractivity contribution is 5.90. The minimum absolute atomic E-state index is 0.124. The van der Waals surface area contributed by atoms with Crippen LogP contribution in [0.25, 0.3) is 0 Å². The molecule has 0 radical (unpaired) electrons. The maximum Gasteiger partial charge on any atom is 0.229 e. The number of ether oxygens (including phenoxy) is 1. The lowest BCUT2D eigenvalue weighted by atomic mass is 9.65. The Labute approximate surface area is 100 Å². The Morgan fingerprint density at radius 2 is 2.35 bits per heavy atom. The van der Waals surface area contributed by atoms with E-state index in [2.05, 4.69) is 17.3 Å². The Morgan fingerprint density at radius 1 is 1.59 bits per heavy atom. The predicted molar refractivity (Wildman–Crippen MR) is 61.3 cm³/mol. The molecule has 1 N–H and O–H groups in total. The number of nitrogens with one attached hydrogen (secondary N) is 1. The molecule has 5 nitrogen and oxygen atoms in total. The molecule has 2 saturated heterocycles. The van der Waals surface area contributed by atoms with Gasteiger partial charge in [-0.2, -0.15) is 5.10 Å². The Bertz CT molecular complexity index is 435. The molecular formula is C12H17N3O2. The number of rotatable bonds is 2. The molecule has 1 amide bonds. The van der Waals surface area contributed by atoms with Crippen LogP contribution in [0.3, 0.4) is 0 Å². The standard InChI is InChI=1S/C12H17N3O2/c1-2-15-8-9(7-13-15)10-12(11(16)14-10)3-5-17-6-4-12/h7-8,10H,2-6H2,1H3,(H,14,16). The van der Waals surface area contributed by atoms with E-state index < -0.39 is 0 Å². The zero-order valence-electron chi connectivity index (χ0n) is 9.98. The first-order valence-corrected chi connectivity index (χ1v) is 6.17. The maximum atomic E-state index is 11.9. The zero-order chi connectivity index (χ0) is 11.9. The molecule has 5 heteroatoms. The average Bonchev–Trinajstić information content (AvgIpc) is 2.85. The summed E-state index contributed by atoms with van der Waals surface area (Å²) in [7, 11) is 0. The van der Waals surface area contributed by atoms with Crippen LogP contribution in [0.1, 0.15) is 31.4 Å². The van der Waals surface area contributed by atoms with Gasteiger partial charge in [-0.25, -0.2) is 0 Å². The molecule has 3 rings (SSSR count). The van der Waals surface area contributed by atoms with Gasteiger partial charge in [-0.15, -0.1) is 0 Å². The quantitative estimate of drug-likeness (QED) is 0.774. The van der Waals surface area contributed by atoms with Gasteiger partial charge in [0.15, 0.2) is 0 Å². The van der Waals surface area contributed by atoms with Gasteiger partial charge in [-0.05, 0) is 19.8 Å². The number of carbonyl (C=O) groups excluding carboxylic acids is 1. The number of amides is 1. The van der Waals surface area contributed by atoms with Crippen LogP contribution in [0.15, 0.2) is 12.4 Å². The van der Waals surface area contributed by atoms with E-state index in [1.165, 1.54) is 0 Å². The summed E-state index contributed by atoms with van der Waals surface area (Å²) in [4.78, 5) is 11.9. The Kier molecular flexibility index (Phi) is 2.43. The largest absolute Gasteiger partial charge is 0.381 e. The molecule has 2 aliphatic heterocycles. The number of β-lactam (4-membered cyclic amide) rings is 1. The highest BCUT2D eigenvalue weighted by atomic mass is 16.5. The monoisotopic (exact) mass is 235 g/mol. The topological polar surface area (TPSA) is 56.2 Å². The molecule has 0 aliphatic carbocycles. The fourth-order valence-corrected chi connectivity index (χ4v) is 2.82. The number of hydrogen-bond donors (Lipinski definition) is 1. The van der Waals surface area contributed by atoms with Gasteiger partial charge in [0.2, 0.25) is 5.91 Å².